The van der Waals surface area contributed by atoms with E-state index in [2.05, 4.69) is 5.32 Å². The Morgan fingerprint density at radius 1 is 0.865 bits per heavy atom. The molecular formula is C28H31NO7S. The molecule has 2 aromatic carbocycles. The minimum atomic E-state index is -0.527. The van der Waals surface area contributed by atoms with Gasteiger partial charge in [0, 0.05) is 17.0 Å². The predicted molar refractivity (Wildman–Crippen MR) is 145 cm³/mol. The number of nitrogens with one attached hydrogen (secondary N) is 1. The lowest BCUT2D eigenvalue weighted by Crippen LogP contribution is -2.12. The number of benzene rings is 2. The SMILES string of the molecule is CCOC(=O)c1c(-c2ccc(OC)c(OC)c2)csc1NC(=O)/C=C/c1ccc(OCC)c(OCC)c1. The number of hydrogen-bond donors (Lipinski definition) is 1. The zero-order chi connectivity index (χ0) is 26.8. The van der Waals surface area contributed by atoms with Gasteiger partial charge in [0.25, 0.3) is 0 Å². The third kappa shape index (κ3) is 6.83. The number of carbonyl (C=O) groups is 2. The third-order valence-corrected chi connectivity index (χ3v) is 6.09. The number of carbonyl (C=O) groups excluding carboxylic acids is 2. The molecule has 8 nitrogen and oxygen atoms in total. The van der Waals surface area contributed by atoms with E-state index in [1.54, 1.807) is 50.8 Å². The molecule has 0 radical (unpaired) electrons. The quantitative estimate of drug-likeness (QED) is 0.227. The van der Waals surface area contributed by atoms with Crippen molar-refractivity contribution in [2.75, 3.05) is 39.4 Å². The van der Waals surface area contributed by atoms with Crippen LogP contribution in [0.4, 0.5) is 5.00 Å². The number of methoxy groups -OCH3 is 2. The van der Waals surface area contributed by atoms with Gasteiger partial charge >= 0.3 is 5.97 Å². The van der Waals surface area contributed by atoms with E-state index in [4.69, 9.17) is 23.7 Å². The molecule has 0 fully saturated rings. The van der Waals surface area contributed by atoms with Crippen molar-refractivity contribution in [2.45, 2.75) is 20.8 Å². The fourth-order valence-electron chi connectivity index (χ4n) is 3.57. The number of esters is 1. The van der Waals surface area contributed by atoms with Gasteiger partial charge in [-0.1, -0.05) is 12.1 Å². The summed E-state index contributed by atoms with van der Waals surface area (Å²) < 4.78 is 27.2. The van der Waals surface area contributed by atoms with E-state index in [9.17, 15) is 9.59 Å². The van der Waals surface area contributed by atoms with Crippen LogP contribution >= 0.6 is 11.3 Å². The van der Waals surface area contributed by atoms with Gasteiger partial charge in [-0.05, 0) is 62.2 Å². The van der Waals surface area contributed by atoms with Gasteiger partial charge in [-0.3, -0.25) is 4.79 Å². The lowest BCUT2D eigenvalue weighted by Gasteiger charge is -2.11. The number of ether oxygens (including phenoxy) is 5. The van der Waals surface area contributed by atoms with Crippen LogP contribution in [-0.2, 0) is 9.53 Å². The Morgan fingerprint density at radius 3 is 2.24 bits per heavy atom. The molecule has 196 valence electrons. The van der Waals surface area contributed by atoms with E-state index in [-0.39, 0.29) is 12.2 Å². The van der Waals surface area contributed by atoms with Crippen molar-refractivity contribution in [1.29, 1.82) is 0 Å². The molecule has 1 heterocycles. The van der Waals surface area contributed by atoms with Gasteiger partial charge in [0.1, 0.15) is 10.6 Å². The van der Waals surface area contributed by atoms with Gasteiger partial charge in [0.15, 0.2) is 23.0 Å². The van der Waals surface area contributed by atoms with Crippen LogP contribution in [0.25, 0.3) is 17.2 Å². The van der Waals surface area contributed by atoms with Crippen LogP contribution in [-0.4, -0.2) is 45.9 Å². The summed E-state index contributed by atoms with van der Waals surface area (Å²) in [6.45, 7) is 6.74. The van der Waals surface area contributed by atoms with Gasteiger partial charge in [-0.2, -0.15) is 0 Å². The molecule has 0 saturated carbocycles. The van der Waals surface area contributed by atoms with Crippen molar-refractivity contribution < 1.29 is 33.3 Å². The van der Waals surface area contributed by atoms with E-state index in [1.165, 1.54) is 17.4 Å². The Bertz CT molecular complexity index is 1270. The number of thiophene rings is 1. The fourth-order valence-corrected chi connectivity index (χ4v) is 4.53. The molecule has 1 amide bonds. The van der Waals surface area contributed by atoms with Gasteiger partial charge in [-0.25, -0.2) is 4.79 Å². The zero-order valence-electron chi connectivity index (χ0n) is 21.6. The van der Waals surface area contributed by atoms with Crippen molar-refractivity contribution in [1.82, 2.24) is 0 Å². The molecule has 3 aromatic rings. The lowest BCUT2D eigenvalue weighted by molar-refractivity contribution is -0.111. The Balaban J connectivity index is 1.88. The molecular weight excluding hydrogens is 494 g/mol. The monoisotopic (exact) mass is 525 g/mol. The molecule has 1 aromatic heterocycles. The summed E-state index contributed by atoms with van der Waals surface area (Å²) in [4.78, 5) is 25.7. The molecule has 0 unspecified atom stereocenters. The predicted octanol–water partition coefficient (Wildman–Crippen LogP) is 6.06. The summed E-state index contributed by atoms with van der Waals surface area (Å²) in [6, 6.07) is 10.8. The average Bonchev–Trinajstić information content (AvgIpc) is 3.32. The van der Waals surface area contributed by atoms with Crippen LogP contribution in [0.1, 0.15) is 36.7 Å². The summed E-state index contributed by atoms with van der Waals surface area (Å²) in [5.41, 5.74) is 2.40. The average molecular weight is 526 g/mol. The first-order valence-electron chi connectivity index (χ1n) is 11.8. The molecule has 9 heteroatoms. The first kappa shape index (κ1) is 27.6. The zero-order valence-corrected chi connectivity index (χ0v) is 22.4. The number of amides is 1. The van der Waals surface area contributed by atoms with Crippen molar-refractivity contribution >= 4 is 34.3 Å². The van der Waals surface area contributed by atoms with Crippen LogP contribution in [0.3, 0.4) is 0 Å². The highest BCUT2D eigenvalue weighted by molar-refractivity contribution is 7.15. The van der Waals surface area contributed by atoms with Crippen LogP contribution in [0.15, 0.2) is 47.9 Å². The molecule has 0 aliphatic heterocycles. The molecule has 0 saturated heterocycles. The second-order valence-corrected chi connectivity index (χ2v) is 8.42. The Morgan fingerprint density at radius 2 is 1.57 bits per heavy atom. The number of hydrogen-bond acceptors (Lipinski definition) is 8. The largest absolute Gasteiger partial charge is 0.493 e. The standard InChI is InChI=1S/C28H31NO7S/c1-6-34-22-12-9-18(15-24(22)35-7-2)10-14-25(30)29-27-26(28(31)36-8-3)20(17-37-27)19-11-13-21(32-4)23(16-19)33-5/h9-17H,6-8H2,1-5H3,(H,29,30)/b14-10+. The topological polar surface area (TPSA) is 92.3 Å². The molecule has 0 aliphatic rings. The molecule has 0 atom stereocenters. The normalized spacial score (nSPS) is 10.7. The first-order chi connectivity index (χ1) is 17.9. The second kappa shape index (κ2) is 13.4. The molecule has 0 spiro atoms. The summed E-state index contributed by atoms with van der Waals surface area (Å²) in [5.74, 6) is 1.43. The third-order valence-electron chi connectivity index (χ3n) is 5.20. The maximum absolute atomic E-state index is 12.9. The minimum Gasteiger partial charge on any atom is -0.493 e. The smallest absolute Gasteiger partial charge is 0.341 e. The highest BCUT2D eigenvalue weighted by Crippen LogP contribution is 2.39. The van der Waals surface area contributed by atoms with E-state index < -0.39 is 11.9 Å². The fraction of sp³-hybridized carbons (Fsp3) is 0.286. The Kier molecular flexibility index (Phi) is 9.97. The van der Waals surface area contributed by atoms with Crippen molar-refractivity contribution in [3.05, 3.63) is 59.0 Å². The molecule has 0 bridgehead atoms. The first-order valence-corrected chi connectivity index (χ1v) is 12.7. The second-order valence-electron chi connectivity index (χ2n) is 7.54. The van der Waals surface area contributed by atoms with Gasteiger partial charge in [0.2, 0.25) is 5.91 Å². The Hall–Kier alpha value is -3.98. The maximum Gasteiger partial charge on any atom is 0.341 e. The van der Waals surface area contributed by atoms with E-state index in [0.717, 1.165) is 11.1 Å². The van der Waals surface area contributed by atoms with E-state index >= 15 is 0 Å². The van der Waals surface area contributed by atoms with Crippen molar-refractivity contribution in [3.8, 4) is 34.1 Å². The number of anilines is 1. The maximum atomic E-state index is 12.9. The molecule has 1 N–H and O–H groups in total. The van der Waals surface area contributed by atoms with Gasteiger partial charge in [-0.15, -0.1) is 11.3 Å². The van der Waals surface area contributed by atoms with Gasteiger partial charge in [0.05, 0.1) is 34.0 Å². The minimum absolute atomic E-state index is 0.202. The highest BCUT2D eigenvalue weighted by atomic mass is 32.1. The van der Waals surface area contributed by atoms with E-state index in [0.29, 0.717) is 46.8 Å². The van der Waals surface area contributed by atoms with Crippen molar-refractivity contribution in [2.24, 2.45) is 0 Å². The van der Waals surface area contributed by atoms with Crippen LogP contribution < -0.4 is 24.3 Å². The van der Waals surface area contributed by atoms with Crippen molar-refractivity contribution in [3.63, 3.8) is 0 Å². The highest BCUT2D eigenvalue weighted by Gasteiger charge is 2.23. The van der Waals surface area contributed by atoms with Gasteiger partial charge < -0.3 is 29.0 Å². The summed E-state index contributed by atoms with van der Waals surface area (Å²) in [6.07, 6.45) is 3.07. The summed E-state index contributed by atoms with van der Waals surface area (Å²) in [5, 5.41) is 5.00. The Labute approximate surface area is 220 Å². The van der Waals surface area contributed by atoms with Crippen LogP contribution in [0.2, 0.25) is 0 Å². The van der Waals surface area contributed by atoms with Crippen LogP contribution in [0, 0.1) is 0 Å². The summed E-state index contributed by atoms with van der Waals surface area (Å²) in [7, 11) is 3.10. The molecule has 0 aliphatic carbocycles. The lowest BCUT2D eigenvalue weighted by atomic mass is 10.0. The summed E-state index contributed by atoms with van der Waals surface area (Å²) >= 11 is 1.24. The number of rotatable bonds is 12. The van der Waals surface area contributed by atoms with E-state index in [1.807, 2.05) is 32.0 Å². The molecule has 37 heavy (non-hydrogen) atoms. The van der Waals surface area contributed by atoms with Crippen LogP contribution in [0.5, 0.6) is 23.0 Å². The molecule has 3 rings (SSSR count).